The Balaban J connectivity index is 1.45. The molecule has 0 aromatic heterocycles. The number of rotatable bonds is 7. The Morgan fingerprint density at radius 2 is 1.55 bits per heavy atom. The maximum Gasteiger partial charge on any atom is 0.251 e. The minimum absolute atomic E-state index is 0.00923. The molecule has 0 saturated carbocycles. The van der Waals surface area contributed by atoms with Crippen LogP contribution < -0.4 is 5.32 Å². The van der Waals surface area contributed by atoms with Crippen molar-refractivity contribution in [3.63, 3.8) is 0 Å². The largest absolute Gasteiger partial charge is 0.350 e. The van der Waals surface area contributed by atoms with Crippen LogP contribution in [0.2, 0.25) is 5.02 Å². The molecular weight excluding hydrogens is 434 g/mol. The average Bonchev–Trinajstić information content (AvgIpc) is 3.50. The van der Waals surface area contributed by atoms with Gasteiger partial charge in [0.05, 0.1) is 10.9 Å². The fraction of sp³-hybridized carbons (Fsp3) is 0.435. The molecule has 1 amide bonds. The molecule has 1 atom stereocenters. The second-order valence-corrected chi connectivity index (χ2v) is 10.5. The number of hydrogen-bond acceptors (Lipinski definition) is 4. The summed E-state index contributed by atoms with van der Waals surface area (Å²) in [5.74, 6) is -0.221. The third-order valence-corrected chi connectivity index (χ3v) is 8.38. The summed E-state index contributed by atoms with van der Waals surface area (Å²) in [6.07, 6.45) is 4.07. The highest BCUT2D eigenvalue weighted by Gasteiger charge is 2.28. The minimum atomic E-state index is -3.48. The quantitative estimate of drug-likeness (QED) is 0.682. The predicted octanol–water partition coefficient (Wildman–Crippen LogP) is 3.69. The van der Waals surface area contributed by atoms with Crippen molar-refractivity contribution in [3.8, 4) is 0 Å². The Hall–Kier alpha value is -1.93. The van der Waals surface area contributed by atoms with Crippen molar-refractivity contribution in [2.75, 3.05) is 32.7 Å². The first-order chi connectivity index (χ1) is 15.0. The van der Waals surface area contributed by atoms with Crippen LogP contribution in [0.25, 0.3) is 0 Å². The number of likely N-dealkylation sites (tertiary alicyclic amines) is 1. The smallest absolute Gasteiger partial charge is 0.251 e. The van der Waals surface area contributed by atoms with E-state index in [0.29, 0.717) is 30.2 Å². The van der Waals surface area contributed by atoms with Crippen molar-refractivity contribution >= 4 is 27.5 Å². The molecule has 1 N–H and O–H groups in total. The van der Waals surface area contributed by atoms with E-state index in [4.69, 9.17) is 11.6 Å². The minimum Gasteiger partial charge on any atom is -0.350 e. The number of carbonyl (C=O) groups excluding carboxylic acids is 1. The fourth-order valence-corrected chi connectivity index (χ4v) is 6.16. The van der Waals surface area contributed by atoms with E-state index >= 15 is 0 Å². The number of carbonyl (C=O) groups is 1. The number of nitrogens with one attached hydrogen (secondary N) is 1. The van der Waals surface area contributed by atoms with E-state index in [2.05, 4.69) is 10.2 Å². The predicted molar refractivity (Wildman–Crippen MR) is 122 cm³/mol. The van der Waals surface area contributed by atoms with E-state index < -0.39 is 10.0 Å². The topological polar surface area (TPSA) is 69.7 Å². The molecule has 4 rings (SSSR count). The van der Waals surface area contributed by atoms with Gasteiger partial charge in [-0.25, -0.2) is 8.42 Å². The SMILES string of the molecule is O=C(NC[C@@H](c1ccccc1Cl)N1CCCC1)c1ccc(S(=O)(=O)N2CCCC2)cc1. The van der Waals surface area contributed by atoms with Crippen LogP contribution >= 0.6 is 11.6 Å². The lowest BCUT2D eigenvalue weighted by Gasteiger charge is -2.29. The molecule has 2 saturated heterocycles. The van der Waals surface area contributed by atoms with E-state index in [1.165, 1.54) is 16.4 Å². The first kappa shape index (κ1) is 22.3. The van der Waals surface area contributed by atoms with Crippen molar-refractivity contribution in [1.82, 2.24) is 14.5 Å². The van der Waals surface area contributed by atoms with Gasteiger partial charge in [0, 0.05) is 30.2 Å². The van der Waals surface area contributed by atoms with Gasteiger partial charge in [-0.05, 0) is 74.7 Å². The van der Waals surface area contributed by atoms with Gasteiger partial charge in [-0.2, -0.15) is 4.31 Å². The molecule has 6 nitrogen and oxygen atoms in total. The highest BCUT2D eigenvalue weighted by atomic mass is 35.5. The standard InChI is InChI=1S/C23H28ClN3O3S/c24-21-8-2-1-7-20(21)22(26-13-3-4-14-26)17-25-23(28)18-9-11-19(12-10-18)31(29,30)27-15-5-6-16-27/h1-2,7-12,22H,3-6,13-17H2,(H,25,28)/t22-/m0/s1. The molecular formula is C23H28ClN3O3S. The van der Waals surface area contributed by atoms with E-state index in [-0.39, 0.29) is 16.8 Å². The van der Waals surface area contributed by atoms with Crippen LogP contribution in [0.3, 0.4) is 0 Å². The van der Waals surface area contributed by atoms with Gasteiger partial charge in [-0.1, -0.05) is 29.8 Å². The maximum atomic E-state index is 12.8. The molecule has 2 aromatic rings. The molecule has 2 aliphatic heterocycles. The maximum absolute atomic E-state index is 12.8. The van der Waals surface area contributed by atoms with Crippen LogP contribution in [0, 0.1) is 0 Å². The molecule has 0 radical (unpaired) electrons. The molecule has 2 aliphatic rings. The number of benzene rings is 2. The second-order valence-electron chi connectivity index (χ2n) is 8.13. The van der Waals surface area contributed by atoms with Gasteiger partial charge >= 0.3 is 0 Å². The molecule has 166 valence electrons. The summed E-state index contributed by atoms with van der Waals surface area (Å²) < 4.78 is 26.9. The van der Waals surface area contributed by atoms with Crippen LogP contribution in [0.5, 0.6) is 0 Å². The van der Waals surface area contributed by atoms with Crippen LogP contribution in [0.1, 0.15) is 47.6 Å². The number of hydrogen-bond donors (Lipinski definition) is 1. The van der Waals surface area contributed by atoms with Gasteiger partial charge in [-0.15, -0.1) is 0 Å². The summed E-state index contributed by atoms with van der Waals surface area (Å²) in [7, 11) is -3.48. The van der Waals surface area contributed by atoms with Crippen molar-refractivity contribution in [2.24, 2.45) is 0 Å². The van der Waals surface area contributed by atoms with Crippen molar-refractivity contribution in [3.05, 3.63) is 64.7 Å². The summed E-state index contributed by atoms with van der Waals surface area (Å²) in [4.78, 5) is 15.4. The first-order valence-corrected chi connectivity index (χ1v) is 12.7. The zero-order valence-corrected chi connectivity index (χ0v) is 19.0. The summed E-state index contributed by atoms with van der Waals surface area (Å²) >= 11 is 6.44. The molecule has 0 aliphatic carbocycles. The molecule has 31 heavy (non-hydrogen) atoms. The van der Waals surface area contributed by atoms with E-state index in [0.717, 1.165) is 44.3 Å². The van der Waals surface area contributed by atoms with Gasteiger partial charge in [0.25, 0.3) is 5.91 Å². The molecule has 2 heterocycles. The molecule has 0 spiro atoms. The summed E-state index contributed by atoms with van der Waals surface area (Å²) in [6, 6.07) is 14.0. The van der Waals surface area contributed by atoms with E-state index in [1.807, 2.05) is 24.3 Å². The lowest BCUT2D eigenvalue weighted by Crippen LogP contribution is -2.37. The third kappa shape index (κ3) is 4.95. The Morgan fingerprint density at radius 1 is 0.935 bits per heavy atom. The van der Waals surface area contributed by atoms with Gasteiger partial charge in [0.1, 0.15) is 0 Å². The van der Waals surface area contributed by atoms with Gasteiger partial charge in [0.15, 0.2) is 0 Å². The summed E-state index contributed by atoms with van der Waals surface area (Å²) in [5.41, 5.74) is 1.46. The highest BCUT2D eigenvalue weighted by molar-refractivity contribution is 7.89. The van der Waals surface area contributed by atoms with Gasteiger partial charge in [0.2, 0.25) is 10.0 Å². The third-order valence-electron chi connectivity index (χ3n) is 6.12. The van der Waals surface area contributed by atoms with Crippen molar-refractivity contribution in [2.45, 2.75) is 36.6 Å². The van der Waals surface area contributed by atoms with Crippen LogP contribution in [-0.2, 0) is 10.0 Å². The average molecular weight is 462 g/mol. The Kier molecular flexibility index (Phi) is 6.96. The van der Waals surface area contributed by atoms with Gasteiger partial charge < -0.3 is 5.32 Å². The molecule has 2 aromatic carbocycles. The van der Waals surface area contributed by atoms with Crippen molar-refractivity contribution < 1.29 is 13.2 Å². The molecule has 8 heteroatoms. The van der Waals surface area contributed by atoms with Crippen LogP contribution in [0.4, 0.5) is 0 Å². The fourth-order valence-electron chi connectivity index (χ4n) is 4.38. The van der Waals surface area contributed by atoms with E-state index in [1.54, 1.807) is 12.1 Å². The Labute approximate surface area is 189 Å². The number of halogens is 1. The second kappa shape index (κ2) is 9.69. The number of nitrogens with zero attached hydrogens (tertiary/aromatic N) is 2. The first-order valence-electron chi connectivity index (χ1n) is 10.8. The summed E-state index contributed by atoms with van der Waals surface area (Å²) in [5, 5.41) is 3.72. The normalized spacial score (nSPS) is 18.9. The Morgan fingerprint density at radius 3 is 2.19 bits per heavy atom. The lowest BCUT2D eigenvalue weighted by atomic mass is 10.0. The Bertz CT molecular complexity index is 1010. The molecule has 0 unspecified atom stereocenters. The molecule has 0 bridgehead atoms. The van der Waals surface area contributed by atoms with Crippen LogP contribution in [-0.4, -0.2) is 56.3 Å². The zero-order chi connectivity index (χ0) is 21.8. The van der Waals surface area contributed by atoms with Crippen LogP contribution in [0.15, 0.2) is 53.4 Å². The summed E-state index contributed by atoms with van der Waals surface area (Å²) in [6.45, 7) is 3.52. The number of amides is 1. The molecule has 2 fully saturated rings. The lowest BCUT2D eigenvalue weighted by molar-refractivity contribution is 0.0938. The highest BCUT2D eigenvalue weighted by Crippen LogP contribution is 2.30. The zero-order valence-electron chi connectivity index (χ0n) is 17.5. The van der Waals surface area contributed by atoms with E-state index in [9.17, 15) is 13.2 Å². The number of sulfonamides is 1. The van der Waals surface area contributed by atoms with Crippen molar-refractivity contribution in [1.29, 1.82) is 0 Å². The monoisotopic (exact) mass is 461 g/mol. The van der Waals surface area contributed by atoms with Gasteiger partial charge in [-0.3, -0.25) is 9.69 Å².